The molecule has 0 aromatic heterocycles. The highest BCUT2D eigenvalue weighted by Crippen LogP contribution is 2.56. The Labute approximate surface area is 181 Å². The molecule has 0 unspecified atom stereocenters. The number of benzene rings is 2. The fourth-order valence-electron chi connectivity index (χ4n) is 5.74. The number of Topliss-reactive ketones (excluding diaryl/α,β-unsaturated/α-hetero) is 1. The lowest BCUT2D eigenvalue weighted by molar-refractivity contribution is 0.0975. The number of halogens is 1. The van der Waals surface area contributed by atoms with Crippen LogP contribution in [-0.4, -0.2) is 36.7 Å². The molecule has 2 aromatic carbocycles. The standard InChI is InChI=1S/C24H28FN3OS/c25-16-7-8-18(20(26)14-16)21(29)5-2-9-24-10-11-27-15-19(24)17-4-1-6-22-23(17)28(24)12-3-13-30-22/h1,4,6-8,14,19,27H,2-3,5,9-13,15,26H2/t19-,24-/m0/s1. The lowest BCUT2D eigenvalue weighted by Crippen LogP contribution is -2.56. The largest absolute Gasteiger partial charge is 0.398 e. The zero-order valence-corrected chi connectivity index (χ0v) is 17.9. The maximum Gasteiger partial charge on any atom is 0.164 e. The van der Waals surface area contributed by atoms with Crippen LogP contribution in [0.3, 0.4) is 0 Å². The SMILES string of the molecule is Nc1cc(F)ccc1C(=O)CCC[C@]12CCNC[C@H]1c1cccc3c1N2CCCS3. The topological polar surface area (TPSA) is 58.4 Å². The number of piperidine rings is 1. The first-order valence-electron chi connectivity index (χ1n) is 10.9. The van der Waals surface area contributed by atoms with Gasteiger partial charge in [-0.3, -0.25) is 4.79 Å². The maximum atomic E-state index is 13.3. The number of nitrogens with zero attached hydrogens (tertiary/aromatic N) is 1. The molecule has 30 heavy (non-hydrogen) atoms. The predicted octanol–water partition coefficient (Wildman–Crippen LogP) is 4.59. The van der Waals surface area contributed by atoms with Crippen LogP contribution in [0.1, 0.15) is 53.9 Å². The van der Waals surface area contributed by atoms with Gasteiger partial charge in [0.15, 0.2) is 5.78 Å². The van der Waals surface area contributed by atoms with E-state index in [1.807, 2.05) is 11.8 Å². The molecule has 3 aliphatic rings. The third-order valence-electron chi connectivity index (χ3n) is 7.06. The van der Waals surface area contributed by atoms with Crippen molar-refractivity contribution >= 4 is 28.9 Å². The minimum atomic E-state index is -0.404. The minimum Gasteiger partial charge on any atom is -0.398 e. The number of nitrogen functional groups attached to an aromatic ring is 1. The lowest BCUT2D eigenvalue weighted by atomic mass is 9.73. The highest BCUT2D eigenvalue weighted by Gasteiger charge is 2.52. The van der Waals surface area contributed by atoms with Crippen molar-refractivity contribution in [1.29, 1.82) is 0 Å². The number of carbonyl (C=O) groups excluding carboxylic acids is 1. The van der Waals surface area contributed by atoms with Gasteiger partial charge in [0.05, 0.1) is 5.69 Å². The lowest BCUT2D eigenvalue weighted by Gasteiger charge is -2.47. The number of thioether (sulfide) groups is 1. The number of nitrogens with two attached hydrogens (primary N) is 1. The normalized spacial score (nSPS) is 24.8. The van der Waals surface area contributed by atoms with Gasteiger partial charge in [0.2, 0.25) is 0 Å². The Morgan fingerprint density at radius 3 is 3.10 bits per heavy atom. The molecular formula is C24H28FN3OS. The molecule has 5 rings (SSSR count). The van der Waals surface area contributed by atoms with Crippen molar-refractivity contribution in [3.05, 3.63) is 53.3 Å². The van der Waals surface area contributed by atoms with Crippen molar-refractivity contribution < 1.29 is 9.18 Å². The second kappa shape index (κ2) is 7.89. The molecule has 1 fully saturated rings. The number of fused-ring (bicyclic) bond motifs is 3. The second-order valence-corrected chi connectivity index (χ2v) is 9.80. The van der Waals surface area contributed by atoms with Crippen LogP contribution in [0.5, 0.6) is 0 Å². The molecule has 3 aliphatic heterocycles. The van der Waals surface area contributed by atoms with E-state index in [0.29, 0.717) is 17.9 Å². The van der Waals surface area contributed by atoms with Crippen molar-refractivity contribution in [2.75, 3.05) is 36.0 Å². The average Bonchev–Trinajstić information content (AvgIpc) is 2.86. The molecule has 158 valence electrons. The smallest absolute Gasteiger partial charge is 0.164 e. The number of rotatable bonds is 5. The van der Waals surface area contributed by atoms with E-state index in [1.165, 1.54) is 40.8 Å². The fraction of sp³-hybridized carbons (Fsp3) is 0.458. The van der Waals surface area contributed by atoms with Crippen LogP contribution < -0.4 is 16.0 Å². The Morgan fingerprint density at radius 1 is 1.33 bits per heavy atom. The molecular weight excluding hydrogens is 397 g/mol. The Balaban J connectivity index is 1.39. The zero-order chi connectivity index (χ0) is 20.7. The zero-order valence-electron chi connectivity index (χ0n) is 17.1. The number of carbonyl (C=O) groups is 1. The second-order valence-electron chi connectivity index (χ2n) is 8.67. The molecule has 3 N–H and O–H groups in total. The van der Waals surface area contributed by atoms with E-state index < -0.39 is 5.82 Å². The van der Waals surface area contributed by atoms with Gasteiger partial charge in [-0.05, 0) is 67.8 Å². The van der Waals surface area contributed by atoms with E-state index in [1.54, 1.807) is 0 Å². The monoisotopic (exact) mass is 425 g/mol. The van der Waals surface area contributed by atoms with E-state index in [4.69, 9.17) is 5.73 Å². The van der Waals surface area contributed by atoms with E-state index >= 15 is 0 Å². The van der Waals surface area contributed by atoms with Crippen LogP contribution in [0.15, 0.2) is 41.3 Å². The van der Waals surface area contributed by atoms with Crippen LogP contribution in [0.25, 0.3) is 0 Å². The first-order chi connectivity index (χ1) is 14.6. The molecule has 6 heteroatoms. The minimum absolute atomic E-state index is 0.0111. The molecule has 3 heterocycles. The third-order valence-corrected chi connectivity index (χ3v) is 8.19. The van der Waals surface area contributed by atoms with Crippen LogP contribution in [0.4, 0.5) is 15.8 Å². The molecule has 0 bridgehead atoms. The van der Waals surface area contributed by atoms with Gasteiger partial charge in [-0.15, -0.1) is 11.8 Å². The summed E-state index contributed by atoms with van der Waals surface area (Å²) in [6.45, 7) is 3.10. The van der Waals surface area contributed by atoms with E-state index in [0.717, 1.165) is 44.6 Å². The highest BCUT2D eigenvalue weighted by atomic mass is 32.2. The van der Waals surface area contributed by atoms with Crippen LogP contribution in [0, 0.1) is 5.82 Å². The number of hydrogen-bond donors (Lipinski definition) is 2. The molecule has 0 amide bonds. The highest BCUT2D eigenvalue weighted by molar-refractivity contribution is 7.99. The quantitative estimate of drug-likeness (QED) is 0.542. The Morgan fingerprint density at radius 2 is 2.23 bits per heavy atom. The summed E-state index contributed by atoms with van der Waals surface area (Å²) < 4.78 is 13.3. The predicted molar refractivity (Wildman–Crippen MR) is 121 cm³/mol. The number of anilines is 2. The fourth-order valence-corrected chi connectivity index (χ4v) is 6.77. The van der Waals surface area contributed by atoms with Crippen LogP contribution >= 0.6 is 11.8 Å². The van der Waals surface area contributed by atoms with Gasteiger partial charge in [0, 0.05) is 47.1 Å². The maximum absolute atomic E-state index is 13.3. The summed E-state index contributed by atoms with van der Waals surface area (Å²) >= 11 is 1.98. The summed E-state index contributed by atoms with van der Waals surface area (Å²) in [6, 6.07) is 10.8. The molecule has 2 aromatic rings. The molecule has 0 saturated carbocycles. The summed E-state index contributed by atoms with van der Waals surface area (Å²) in [5.41, 5.74) is 9.57. The van der Waals surface area contributed by atoms with Gasteiger partial charge in [-0.1, -0.05) is 12.1 Å². The van der Waals surface area contributed by atoms with Gasteiger partial charge in [0.25, 0.3) is 0 Å². The number of hydrogen-bond acceptors (Lipinski definition) is 5. The van der Waals surface area contributed by atoms with Crippen molar-refractivity contribution in [3.63, 3.8) is 0 Å². The Hall–Kier alpha value is -2.05. The molecule has 0 radical (unpaired) electrons. The van der Waals surface area contributed by atoms with E-state index in [2.05, 4.69) is 28.4 Å². The van der Waals surface area contributed by atoms with Crippen molar-refractivity contribution in [2.24, 2.45) is 0 Å². The molecule has 1 saturated heterocycles. The van der Waals surface area contributed by atoms with Gasteiger partial charge in [-0.25, -0.2) is 4.39 Å². The van der Waals surface area contributed by atoms with E-state index in [9.17, 15) is 9.18 Å². The first kappa shape index (κ1) is 19.9. The first-order valence-corrected chi connectivity index (χ1v) is 11.9. The average molecular weight is 426 g/mol. The van der Waals surface area contributed by atoms with Crippen LogP contribution in [0.2, 0.25) is 0 Å². The molecule has 4 nitrogen and oxygen atoms in total. The van der Waals surface area contributed by atoms with Gasteiger partial charge >= 0.3 is 0 Å². The number of para-hydroxylation sites is 1. The summed E-state index contributed by atoms with van der Waals surface area (Å²) in [4.78, 5) is 16.9. The van der Waals surface area contributed by atoms with Gasteiger partial charge in [0.1, 0.15) is 5.82 Å². The van der Waals surface area contributed by atoms with Gasteiger partial charge in [-0.2, -0.15) is 0 Å². The summed E-state index contributed by atoms with van der Waals surface area (Å²) in [6.07, 6.45) is 4.54. The number of nitrogens with one attached hydrogen (secondary N) is 1. The molecule has 0 spiro atoms. The van der Waals surface area contributed by atoms with Gasteiger partial charge < -0.3 is 16.0 Å². The Bertz CT molecular complexity index is 981. The molecule has 2 atom stereocenters. The summed E-state index contributed by atoms with van der Waals surface area (Å²) in [5.74, 6) is 1.23. The summed E-state index contributed by atoms with van der Waals surface area (Å²) in [7, 11) is 0. The van der Waals surface area contributed by atoms with Crippen molar-refractivity contribution in [2.45, 2.75) is 48.5 Å². The van der Waals surface area contributed by atoms with Crippen LogP contribution in [-0.2, 0) is 0 Å². The Kier molecular flexibility index (Phi) is 5.23. The van der Waals surface area contributed by atoms with Crippen molar-refractivity contribution in [3.8, 4) is 0 Å². The summed E-state index contributed by atoms with van der Waals surface area (Å²) in [5, 5.41) is 3.61. The van der Waals surface area contributed by atoms with Crippen molar-refractivity contribution in [1.82, 2.24) is 5.32 Å². The third kappa shape index (κ3) is 3.21. The van der Waals surface area contributed by atoms with E-state index in [-0.39, 0.29) is 17.0 Å². The molecule has 0 aliphatic carbocycles. The number of ketones is 1.